The predicted octanol–water partition coefficient (Wildman–Crippen LogP) is 5.63. The highest BCUT2D eigenvalue weighted by Crippen LogP contribution is 2.39. The van der Waals surface area contributed by atoms with Crippen molar-refractivity contribution in [1.82, 2.24) is 19.9 Å². The molecule has 1 saturated heterocycles. The van der Waals surface area contributed by atoms with Gasteiger partial charge in [-0.05, 0) is 63.8 Å². The Morgan fingerprint density at radius 2 is 1.81 bits per heavy atom. The zero-order valence-corrected chi connectivity index (χ0v) is 22.0. The second kappa shape index (κ2) is 9.89. The first-order chi connectivity index (χ1) is 17.4. The lowest BCUT2D eigenvalue weighted by molar-refractivity contribution is -0.138. The Bertz CT molecular complexity index is 1330. The van der Waals surface area contributed by atoms with Crippen LogP contribution < -0.4 is 5.32 Å². The van der Waals surface area contributed by atoms with Gasteiger partial charge in [-0.25, -0.2) is 9.97 Å². The zero-order valence-electron chi connectivity index (χ0n) is 22.0. The number of piperidine rings is 1. The first kappa shape index (κ1) is 26.8. The SMILES string of the molecule is COC1(c2cc3c(N[C@H](C)c4cccc(C(F)(F)F)c4C)nc(C)nc3c(C)n2)CCN(C(C)=O)CC1. The van der Waals surface area contributed by atoms with Crippen LogP contribution in [0, 0.1) is 20.8 Å². The molecule has 3 heterocycles. The molecule has 0 saturated carbocycles. The number of aryl methyl sites for hydroxylation is 2. The second-order valence-corrected chi connectivity index (χ2v) is 9.70. The third kappa shape index (κ3) is 5.12. The number of benzene rings is 1. The van der Waals surface area contributed by atoms with Gasteiger partial charge in [0.05, 0.1) is 28.5 Å². The van der Waals surface area contributed by atoms with E-state index in [4.69, 9.17) is 9.72 Å². The Hall–Kier alpha value is -3.27. The number of nitrogens with one attached hydrogen (secondary N) is 1. The second-order valence-electron chi connectivity index (χ2n) is 9.70. The summed E-state index contributed by atoms with van der Waals surface area (Å²) in [7, 11) is 1.65. The number of anilines is 1. The van der Waals surface area contributed by atoms with Gasteiger partial charge in [0.2, 0.25) is 5.91 Å². The van der Waals surface area contributed by atoms with Gasteiger partial charge in [0, 0.05) is 32.5 Å². The number of amides is 1. The zero-order chi connectivity index (χ0) is 27.1. The Kier molecular flexibility index (Phi) is 7.16. The normalized spacial score (nSPS) is 16.6. The molecule has 37 heavy (non-hydrogen) atoms. The molecule has 1 fully saturated rings. The highest BCUT2D eigenvalue weighted by atomic mass is 19.4. The molecule has 0 bridgehead atoms. The van der Waals surface area contributed by atoms with Gasteiger partial charge in [-0.2, -0.15) is 13.2 Å². The summed E-state index contributed by atoms with van der Waals surface area (Å²) in [5, 5.41) is 4.05. The summed E-state index contributed by atoms with van der Waals surface area (Å²) in [5.74, 6) is 1.07. The highest BCUT2D eigenvalue weighted by molar-refractivity contribution is 5.91. The first-order valence-electron chi connectivity index (χ1n) is 12.3. The van der Waals surface area contributed by atoms with Crippen LogP contribution in [-0.2, 0) is 21.3 Å². The maximum absolute atomic E-state index is 13.5. The van der Waals surface area contributed by atoms with E-state index in [9.17, 15) is 18.0 Å². The number of nitrogens with zero attached hydrogens (tertiary/aromatic N) is 4. The van der Waals surface area contributed by atoms with E-state index in [1.807, 2.05) is 19.9 Å². The van der Waals surface area contributed by atoms with E-state index < -0.39 is 23.4 Å². The van der Waals surface area contributed by atoms with E-state index >= 15 is 0 Å². The number of alkyl halides is 3. The molecular weight excluding hydrogens is 483 g/mol. The summed E-state index contributed by atoms with van der Waals surface area (Å²) in [5.41, 5.74) is 1.49. The van der Waals surface area contributed by atoms with Crippen LogP contribution in [0.2, 0.25) is 0 Å². The van der Waals surface area contributed by atoms with Gasteiger partial charge in [0.1, 0.15) is 17.2 Å². The van der Waals surface area contributed by atoms with Crippen LogP contribution in [-0.4, -0.2) is 46.0 Å². The third-order valence-electron chi connectivity index (χ3n) is 7.34. The van der Waals surface area contributed by atoms with E-state index in [-0.39, 0.29) is 11.5 Å². The molecule has 1 atom stereocenters. The van der Waals surface area contributed by atoms with Crippen LogP contribution >= 0.6 is 0 Å². The van der Waals surface area contributed by atoms with E-state index in [2.05, 4.69) is 15.3 Å². The number of rotatable bonds is 5. The summed E-state index contributed by atoms with van der Waals surface area (Å²) in [4.78, 5) is 27.7. The van der Waals surface area contributed by atoms with Crippen molar-refractivity contribution in [2.75, 3.05) is 25.5 Å². The number of aromatic nitrogens is 3. The largest absolute Gasteiger partial charge is 0.416 e. The number of fused-ring (bicyclic) bond motifs is 1. The maximum atomic E-state index is 13.5. The number of pyridine rings is 1. The van der Waals surface area contributed by atoms with Crippen molar-refractivity contribution in [3.8, 4) is 0 Å². The van der Waals surface area contributed by atoms with Crippen molar-refractivity contribution < 1.29 is 22.7 Å². The monoisotopic (exact) mass is 515 g/mol. The molecule has 1 aliphatic heterocycles. The smallest absolute Gasteiger partial charge is 0.372 e. The van der Waals surface area contributed by atoms with Crippen molar-refractivity contribution in [2.45, 2.75) is 65.3 Å². The highest BCUT2D eigenvalue weighted by Gasteiger charge is 2.39. The quantitative estimate of drug-likeness (QED) is 0.475. The maximum Gasteiger partial charge on any atom is 0.416 e. The van der Waals surface area contributed by atoms with Gasteiger partial charge in [-0.15, -0.1) is 0 Å². The Balaban J connectivity index is 1.76. The van der Waals surface area contributed by atoms with E-state index in [0.29, 0.717) is 54.3 Å². The molecule has 0 radical (unpaired) electrons. The lowest BCUT2D eigenvalue weighted by atomic mass is 9.86. The van der Waals surface area contributed by atoms with Crippen LogP contribution in [0.25, 0.3) is 10.9 Å². The average Bonchev–Trinajstić information content (AvgIpc) is 2.83. The number of likely N-dealkylation sites (tertiary alicyclic amines) is 1. The number of carbonyl (C=O) groups is 1. The lowest BCUT2D eigenvalue weighted by Crippen LogP contribution is -2.45. The van der Waals surface area contributed by atoms with Crippen molar-refractivity contribution >= 4 is 22.6 Å². The predicted molar refractivity (Wildman–Crippen MR) is 135 cm³/mol. The molecule has 4 rings (SSSR count). The molecule has 0 aliphatic carbocycles. The topological polar surface area (TPSA) is 80.2 Å². The number of hydrogen-bond acceptors (Lipinski definition) is 6. The Morgan fingerprint density at radius 3 is 2.41 bits per heavy atom. The molecule has 1 amide bonds. The minimum absolute atomic E-state index is 0.0292. The van der Waals surface area contributed by atoms with Crippen LogP contribution in [0.15, 0.2) is 24.3 Å². The Labute approximate surface area is 214 Å². The third-order valence-corrected chi connectivity index (χ3v) is 7.34. The van der Waals surface area contributed by atoms with E-state index in [1.54, 1.807) is 31.9 Å². The Morgan fingerprint density at radius 1 is 1.14 bits per heavy atom. The number of carbonyl (C=O) groups excluding carboxylic acids is 1. The fraction of sp³-hybridized carbons (Fsp3) is 0.481. The summed E-state index contributed by atoms with van der Waals surface area (Å²) < 4.78 is 46.5. The molecule has 2 aromatic heterocycles. The van der Waals surface area contributed by atoms with Crippen molar-refractivity contribution in [2.24, 2.45) is 0 Å². The number of halogens is 3. The molecule has 0 unspecified atom stereocenters. The molecule has 3 aromatic rings. The molecule has 7 nitrogen and oxygen atoms in total. The molecule has 1 aromatic carbocycles. The molecular formula is C27H32F3N5O2. The van der Waals surface area contributed by atoms with Crippen molar-refractivity contribution in [3.05, 3.63) is 58.2 Å². The van der Waals surface area contributed by atoms with Crippen LogP contribution in [0.4, 0.5) is 19.0 Å². The van der Waals surface area contributed by atoms with Crippen LogP contribution in [0.1, 0.15) is 66.6 Å². The minimum atomic E-state index is -4.43. The van der Waals surface area contributed by atoms with Crippen molar-refractivity contribution in [3.63, 3.8) is 0 Å². The average molecular weight is 516 g/mol. The summed E-state index contributed by atoms with van der Waals surface area (Å²) in [6, 6.07) is 5.67. The molecule has 1 aliphatic rings. The fourth-order valence-corrected chi connectivity index (χ4v) is 5.20. The van der Waals surface area contributed by atoms with E-state index in [0.717, 1.165) is 17.1 Å². The minimum Gasteiger partial charge on any atom is -0.372 e. The van der Waals surface area contributed by atoms with Gasteiger partial charge in [0.25, 0.3) is 0 Å². The van der Waals surface area contributed by atoms with E-state index in [1.165, 1.54) is 13.0 Å². The molecule has 1 N–H and O–H groups in total. The number of hydrogen-bond donors (Lipinski definition) is 1. The molecule has 0 spiro atoms. The first-order valence-corrected chi connectivity index (χ1v) is 12.3. The van der Waals surface area contributed by atoms with Crippen LogP contribution in [0.5, 0.6) is 0 Å². The van der Waals surface area contributed by atoms with Crippen LogP contribution in [0.3, 0.4) is 0 Å². The summed E-state index contributed by atoms with van der Waals surface area (Å²) in [6.07, 6.45) is -3.24. The summed E-state index contributed by atoms with van der Waals surface area (Å²) >= 11 is 0. The number of ether oxygens (including phenoxy) is 1. The fourth-order valence-electron chi connectivity index (χ4n) is 5.20. The van der Waals surface area contributed by atoms with Gasteiger partial charge in [0.15, 0.2) is 0 Å². The van der Waals surface area contributed by atoms with Crippen molar-refractivity contribution in [1.29, 1.82) is 0 Å². The van der Waals surface area contributed by atoms with Gasteiger partial charge in [-0.3, -0.25) is 9.78 Å². The van der Waals surface area contributed by atoms with Gasteiger partial charge >= 0.3 is 6.18 Å². The standard InChI is InChI=1S/C27H32F3N5O2/c1-15-20(8-7-9-22(15)27(28,29)30)16(2)32-25-21-14-23(31-17(3)24(21)33-18(4)34-25)26(37-6)10-12-35(13-11-26)19(5)36/h7-9,14,16H,10-13H2,1-6H3,(H,32,33,34)/t16-/m1/s1. The summed E-state index contributed by atoms with van der Waals surface area (Å²) in [6.45, 7) is 9.62. The van der Waals surface area contributed by atoms with Gasteiger partial charge in [-0.1, -0.05) is 12.1 Å². The molecule has 198 valence electrons. The lowest BCUT2D eigenvalue weighted by Gasteiger charge is -2.40. The number of methoxy groups -OCH3 is 1. The van der Waals surface area contributed by atoms with Gasteiger partial charge < -0.3 is 15.0 Å². The molecule has 10 heteroatoms.